The van der Waals surface area contributed by atoms with E-state index >= 15 is 0 Å². The Bertz CT molecular complexity index is 1680. The average molecular weight is 615 g/mol. The normalized spacial score (nSPS) is 11.9. The van der Waals surface area contributed by atoms with Crippen molar-refractivity contribution < 1.29 is 22.9 Å². The average Bonchev–Trinajstić information content (AvgIpc) is 3.02. The van der Waals surface area contributed by atoms with E-state index in [-0.39, 0.29) is 41.2 Å². The van der Waals surface area contributed by atoms with Crippen molar-refractivity contribution in [2.45, 2.75) is 43.8 Å². The first-order chi connectivity index (χ1) is 21.1. The predicted molar refractivity (Wildman–Crippen MR) is 168 cm³/mol. The molecule has 10 nitrogen and oxygen atoms in total. The maximum absolute atomic E-state index is 14.4. The number of nitrogens with one attached hydrogen (secondary N) is 1. The van der Waals surface area contributed by atoms with Crippen LogP contribution in [-0.4, -0.2) is 48.7 Å². The Balaban J connectivity index is 1.81. The number of non-ortho nitro benzene ring substituents is 1. The Morgan fingerprint density at radius 2 is 1.39 bits per heavy atom. The van der Waals surface area contributed by atoms with Crippen molar-refractivity contribution in [2.75, 3.05) is 10.8 Å². The van der Waals surface area contributed by atoms with Gasteiger partial charge in [0.2, 0.25) is 11.8 Å². The molecule has 4 rings (SSSR count). The zero-order valence-corrected chi connectivity index (χ0v) is 25.3. The topological polar surface area (TPSA) is 130 Å². The lowest BCUT2D eigenvalue weighted by Gasteiger charge is -2.34. The smallest absolute Gasteiger partial charge is 0.271 e. The fourth-order valence-electron chi connectivity index (χ4n) is 4.72. The van der Waals surface area contributed by atoms with E-state index in [0.717, 1.165) is 21.5 Å². The van der Waals surface area contributed by atoms with Gasteiger partial charge in [-0.3, -0.25) is 24.0 Å². The number of carbonyl (C=O) groups is 2. The highest BCUT2D eigenvalue weighted by atomic mass is 32.2. The van der Waals surface area contributed by atoms with Gasteiger partial charge in [-0.15, -0.1) is 0 Å². The molecular weight excluding hydrogens is 580 g/mol. The van der Waals surface area contributed by atoms with Crippen LogP contribution in [0.3, 0.4) is 0 Å². The molecule has 0 bridgehead atoms. The molecule has 1 N–H and O–H groups in total. The van der Waals surface area contributed by atoms with Gasteiger partial charge < -0.3 is 10.2 Å². The van der Waals surface area contributed by atoms with E-state index in [0.29, 0.717) is 0 Å². The maximum Gasteiger partial charge on any atom is 0.271 e. The van der Waals surface area contributed by atoms with Gasteiger partial charge in [0.25, 0.3) is 15.7 Å². The summed E-state index contributed by atoms with van der Waals surface area (Å²) in [6.07, 6.45) is 0.181. The zero-order chi connectivity index (χ0) is 31.7. The summed E-state index contributed by atoms with van der Waals surface area (Å²) in [5.41, 5.74) is 1.17. The minimum absolute atomic E-state index is 0.0247. The molecule has 0 heterocycles. The van der Waals surface area contributed by atoms with Crippen molar-refractivity contribution in [2.24, 2.45) is 0 Å². The zero-order valence-electron chi connectivity index (χ0n) is 24.4. The van der Waals surface area contributed by atoms with E-state index in [1.165, 1.54) is 35.2 Å². The second-order valence-corrected chi connectivity index (χ2v) is 12.3. The van der Waals surface area contributed by atoms with Crippen LogP contribution in [0, 0.1) is 10.1 Å². The summed E-state index contributed by atoms with van der Waals surface area (Å²) in [6, 6.07) is 29.8. The lowest BCUT2D eigenvalue weighted by Crippen LogP contribution is -2.54. The van der Waals surface area contributed by atoms with Crippen LogP contribution in [0.15, 0.2) is 120 Å². The van der Waals surface area contributed by atoms with Gasteiger partial charge in [-0.05, 0) is 43.2 Å². The van der Waals surface area contributed by atoms with Crippen molar-refractivity contribution in [3.63, 3.8) is 0 Å². The third-order valence-electron chi connectivity index (χ3n) is 6.84. The SMILES string of the molecule is CC(C)NC(=O)C(Cc1ccccc1)N(Cc1ccccc1)C(=O)CN(c1cccc([N+](=O)[O-])c1)S(=O)(=O)c1ccccc1. The molecular formula is C33H34N4O6S. The van der Waals surface area contributed by atoms with E-state index in [4.69, 9.17) is 0 Å². The highest BCUT2D eigenvalue weighted by molar-refractivity contribution is 7.92. The van der Waals surface area contributed by atoms with Crippen molar-refractivity contribution in [3.05, 3.63) is 137 Å². The van der Waals surface area contributed by atoms with Crippen LogP contribution in [-0.2, 0) is 32.6 Å². The minimum atomic E-state index is -4.36. The predicted octanol–water partition coefficient (Wildman–Crippen LogP) is 4.95. The number of hydrogen-bond donors (Lipinski definition) is 1. The lowest BCUT2D eigenvalue weighted by atomic mass is 10.0. The van der Waals surface area contributed by atoms with Crippen molar-refractivity contribution in [1.82, 2.24) is 10.2 Å². The van der Waals surface area contributed by atoms with Crippen LogP contribution in [0.4, 0.5) is 11.4 Å². The molecule has 11 heteroatoms. The molecule has 4 aromatic rings. The number of rotatable bonds is 13. The number of amides is 2. The molecule has 0 saturated heterocycles. The standard InChI is InChI=1S/C33H34N4O6S/c1-25(2)34-33(39)31(21-26-13-6-3-7-14-26)35(23-27-15-8-4-9-16-27)32(38)24-36(28-17-12-18-29(22-28)37(40)41)44(42,43)30-19-10-5-11-20-30/h3-20,22,25,31H,21,23-24H2,1-2H3,(H,34,39). The molecule has 0 saturated carbocycles. The van der Waals surface area contributed by atoms with Gasteiger partial charge in [0, 0.05) is 31.1 Å². The summed E-state index contributed by atoms with van der Waals surface area (Å²) in [6.45, 7) is 2.96. The van der Waals surface area contributed by atoms with Gasteiger partial charge in [0.05, 0.1) is 15.5 Å². The Morgan fingerprint density at radius 3 is 1.95 bits per heavy atom. The van der Waals surface area contributed by atoms with Crippen molar-refractivity contribution >= 4 is 33.2 Å². The molecule has 44 heavy (non-hydrogen) atoms. The van der Waals surface area contributed by atoms with Crippen LogP contribution in [0.5, 0.6) is 0 Å². The van der Waals surface area contributed by atoms with Crippen LogP contribution in [0.1, 0.15) is 25.0 Å². The molecule has 2 amide bonds. The van der Waals surface area contributed by atoms with Crippen LogP contribution < -0.4 is 9.62 Å². The third kappa shape index (κ3) is 8.07. The minimum Gasteiger partial charge on any atom is -0.352 e. The van der Waals surface area contributed by atoms with E-state index in [2.05, 4.69) is 5.32 Å². The summed E-state index contributed by atoms with van der Waals surface area (Å²) < 4.78 is 28.8. The first-order valence-corrected chi connectivity index (χ1v) is 15.5. The molecule has 228 valence electrons. The third-order valence-corrected chi connectivity index (χ3v) is 8.62. The number of anilines is 1. The monoisotopic (exact) mass is 614 g/mol. The molecule has 4 aromatic carbocycles. The summed E-state index contributed by atoms with van der Waals surface area (Å²) >= 11 is 0. The van der Waals surface area contributed by atoms with Gasteiger partial charge >= 0.3 is 0 Å². The number of nitrogens with zero attached hydrogens (tertiary/aromatic N) is 3. The van der Waals surface area contributed by atoms with E-state index < -0.39 is 33.4 Å². The summed E-state index contributed by atoms with van der Waals surface area (Å²) in [5, 5.41) is 14.5. The molecule has 0 fully saturated rings. The number of hydrogen-bond acceptors (Lipinski definition) is 6. The fourth-order valence-corrected chi connectivity index (χ4v) is 6.15. The lowest BCUT2D eigenvalue weighted by molar-refractivity contribution is -0.384. The Kier molecular flexibility index (Phi) is 10.5. The summed E-state index contributed by atoms with van der Waals surface area (Å²) in [4.78, 5) is 40.3. The van der Waals surface area contributed by atoms with E-state index in [9.17, 15) is 28.1 Å². The van der Waals surface area contributed by atoms with Gasteiger partial charge in [0.15, 0.2) is 0 Å². The molecule has 1 unspecified atom stereocenters. The second kappa shape index (κ2) is 14.4. The fraction of sp³-hybridized carbons (Fsp3) is 0.212. The number of nitro groups is 1. The second-order valence-electron chi connectivity index (χ2n) is 10.5. The first kappa shape index (κ1) is 31.9. The van der Waals surface area contributed by atoms with Gasteiger partial charge in [-0.25, -0.2) is 8.42 Å². The van der Waals surface area contributed by atoms with Crippen LogP contribution in [0.25, 0.3) is 0 Å². The van der Waals surface area contributed by atoms with Gasteiger partial charge in [-0.2, -0.15) is 0 Å². The van der Waals surface area contributed by atoms with Gasteiger partial charge in [-0.1, -0.05) is 84.9 Å². The van der Waals surface area contributed by atoms with Crippen LogP contribution in [0.2, 0.25) is 0 Å². The quantitative estimate of drug-likeness (QED) is 0.168. The summed E-state index contributed by atoms with van der Waals surface area (Å²) in [7, 11) is -4.36. The Labute approximate surface area is 257 Å². The van der Waals surface area contributed by atoms with Crippen molar-refractivity contribution in [1.29, 1.82) is 0 Å². The Morgan fingerprint density at radius 1 is 0.818 bits per heavy atom. The highest BCUT2D eigenvalue weighted by Crippen LogP contribution is 2.28. The van der Waals surface area contributed by atoms with E-state index in [1.807, 2.05) is 74.5 Å². The number of sulfonamides is 1. The molecule has 1 atom stereocenters. The molecule has 0 aromatic heterocycles. The molecule has 0 aliphatic carbocycles. The Hall–Kier alpha value is -5.03. The maximum atomic E-state index is 14.4. The number of nitro benzene ring substituents is 1. The van der Waals surface area contributed by atoms with E-state index in [1.54, 1.807) is 18.2 Å². The molecule has 0 aliphatic rings. The summed E-state index contributed by atoms with van der Waals surface area (Å²) in [5.74, 6) is -1.04. The number of carbonyl (C=O) groups excluding carboxylic acids is 2. The van der Waals surface area contributed by atoms with Crippen molar-refractivity contribution in [3.8, 4) is 0 Å². The van der Waals surface area contributed by atoms with Crippen LogP contribution >= 0.6 is 0 Å². The molecule has 0 spiro atoms. The first-order valence-electron chi connectivity index (χ1n) is 14.1. The van der Waals surface area contributed by atoms with Gasteiger partial charge in [0.1, 0.15) is 12.6 Å². The molecule has 0 radical (unpaired) electrons. The molecule has 0 aliphatic heterocycles. The highest BCUT2D eigenvalue weighted by Gasteiger charge is 2.35. The largest absolute Gasteiger partial charge is 0.352 e. The number of benzene rings is 4.